The number of aliphatic imine (C=N–C) groups is 1. The van der Waals surface area contributed by atoms with E-state index in [0.717, 1.165) is 12.4 Å². The van der Waals surface area contributed by atoms with Gasteiger partial charge >= 0.3 is 6.18 Å². The number of nitrogens with zero attached hydrogens (tertiary/aromatic N) is 5. The zero-order valence-electron chi connectivity index (χ0n) is 17.5. The van der Waals surface area contributed by atoms with Crippen LogP contribution in [0.1, 0.15) is 51.7 Å². The number of hydrogen-bond donors (Lipinski definition) is 1. The number of aromatic nitrogens is 2. The molecule has 0 aliphatic carbocycles. The van der Waals surface area contributed by atoms with Gasteiger partial charge in [-0.2, -0.15) is 18.2 Å². The highest BCUT2D eigenvalue weighted by molar-refractivity contribution is 14.0. The smallest absolute Gasteiger partial charge is 0.357 e. The van der Waals surface area contributed by atoms with Gasteiger partial charge in [-0.3, -0.25) is 9.89 Å². The molecule has 1 fully saturated rings. The van der Waals surface area contributed by atoms with Crippen molar-refractivity contribution in [2.45, 2.75) is 58.7 Å². The normalized spacial score (nSPS) is 17.4. The Morgan fingerprint density at radius 2 is 1.86 bits per heavy atom. The number of hydrogen-bond acceptors (Lipinski definition) is 5. The van der Waals surface area contributed by atoms with Gasteiger partial charge in [0.15, 0.2) is 11.8 Å². The van der Waals surface area contributed by atoms with E-state index in [1.807, 2.05) is 25.7 Å². The Hall–Kier alpha value is -1.11. The third kappa shape index (κ3) is 7.91. The summed E-state index contributed by atoms with van der Waals surface area (Å²) < 4.78 is 43.9. The summed E-state index contributed by atoms with van der Waals surface area (Å²) in [6.45, 7) is 10.3. The minimum atomic E-state index is -4.19. The second-order valence-electron chi connectivity index (χ2n) is 7.28. The summed E-state index contributed by atoms with van der Waals surface area (Å²) in [5.41, 5.74) is 0. The van der Waals surface area contributed by atoms with Crippen LogP contribution < -0.4 is 5.32 Å². The maximum atomic E-state index is 12.9. The highest BCUT2D eigenvalue weighted by atomic mass is 127. The van der Waals surface area contributed by atoms with E-state index < -0.39 is 12.2 Å². The van der Waals surface area contributed by atoms with Crippen molar-refractivity contribution < 1.29 is 17.7 Å². The second kappa shape index (κ2) is 11.9. The predicted molar refractivity (Wildman–Crippen MR) is 117 cm³/mol. The lowest BCUT2D eigenvalue weighted by Crippen LogP contribution is -2.56. The molecule has 1 N–H and O–H groups in total. The Morgan fingerprint density at radius 3 is 2.38 bits per heavy atom. The van der Waals surface area contributed by atoms with Gasteiger partial charge in [0.05, 0.1) is 0 Å². The molecule has 0 radical (unpaired) electrons. The quantitative estimate of drug-likeness (QED) is 0.252. The molecule has 2 rings (SSSR count). The number of guanidine groups is 1. The fourth-order valence-electron chi connectivity index (χ4n) is 2.97. The minimum absolute atomic E-state index is 0. The zero-order valence-corrected chi connectivity index (χ0v) is 19.8. The molecule has 11 heteroatoms. The second-order valence-corrected chi connectivity index (χ2v) is 7.28. The fraction of sp³-hybridized carbons (Fsp3) is 0.833. The number of aryl methyl sites for hydroxylation is 1. The van der Waals surface area contributed by atoms with Gasteiger partial charge in [-0.25, -0.2) is 0 Å². The number of alkyl halides is 3. The summed E-state index contributed by atoms with van der Waals surface area (Å²) in [6, 6.07) is -1.42. The molecule has 0 amide bonds. The van der Waals surface area contributed by atoms with Crippen LogP contribution in [-0.2, 0) is 6.42 Å². The Morgan fingerprint density at radius 1 is 1.21 bits per heavy atom. The minimum Gasteiger partial charge on any atom is -0.357 e. The number of halogens is 4. The molecule has 168 valence electrons. The van der Waals surface area contributed by atoms with E-state index in [1.54, 1.807) is 0 Å². The highest BCUT2D eigenvalue weighted by Gasteiger charge is 2.41. The molecule has 1 aromatic heterocycles. The van der Waals surface area contributed by atoms with Gasteiger partial charge in [-0.05, 0) is 20.3 Å². The van der Waals surface area contributed by atoms with E-state index >= 15 is 0 Å². The molecule has 0 aromatic carbocycles. The maximum absolute atomic E-state index is 12.9. The lowest BCUT2D eigenvalue weighted by atomic mass is 10.2. The van der Waals surface area contributed by atoms with E-state index in [2.05, 4.69) is 20.4 Å². The first-order valence-corrected chi connectivity index (χ1v) is 9.88. The Labute approximate surface area is 187 Å². The molecule has 1 aromatic rings. The molecular formula is C18H32F3IN6O. The summed E-state index contributed by atoms with van der Waals surface area (Å²) >= 11 is 0. The summed E-state index contributed by atoms with van der Waals surface area (Å²) in [7, 11) is 0. The van der Waals surface area contributed by atoms with Crippen LogP contribution in [0.3, 0.4) is 0 Å². The topological polar surface area (TPSA) is 69.8 Å². The molecule has 0 bridgehead atoms. The molecule has 1 atom stereocenters. The van der Waals surface area contributed by atoms with Crippen LogP contribution in [0.2, 0.25) is 0 Å². The predicted octanol–water partition coefficient (Wildman–Crippen LogP) is 3.28. The fourth-order valence-corrected chi connectivity index (χ4v) is 2.97. The van der Waals surface area contributed by atoms with Crippen LogP contribution >= 0.6 is 24.0 Å². The lowest BCUT2D eigenvalue weighted by Gasteiger charge is -2.39. The van der Waals surface area contributed by atoms with E-state index in [4.69, 9.17) is 4.52 Å². The van der Waals surface area contributed by atoms with Gasteiger partial charge < -0.3 is 14.7 Å². The average molecular weight is 532 g/mol. The van der Waals surface area contributed by atoms with E-state index in [9.17, 15) is 13.2 Å². The number of nitrogens with one attached hydrogen (secondary N) is 1. The molecule has 0 saturated carbocycles. The van der Waals surface area contributed by atoms with Crippen molar-refractivity contribution in [1.82, 2.24) is 25.3 Å². The van der Waals surface area contributed by atoms with Gasteiger partial charge in [-0.15, -0.1) is 24.0 Å². The van der Waals surface area contributed by atoms with Crippen molar-refractivity contribution in [1.29, 1.82) is 0 Å². The van der Waals surface area contributed by atoms with Crippen LogP contribution in [-0.4, -0.2) is 77.4 Å². The molecule has 0 spiro atoms. The maximum Gasteiger partial charge on any atom is 0.403 e. The molecule has 1 aliphatic rings. The third-order valence-corrected chi connectivity index (χ3v) is 4.78. The number of rotatable bonds is 7. The van der Waals surface area contributed by atoms with Crippen molar-refractivity contribution in [3.63, 3.8) is 0 Å². The Balaban J connectivity index is 0.00000420. The summed E-state index contributed by atoms with van der Waals surface area (Å²) in [4.78, 5) is 12.5. The lowest BCUT2D eigenvalue weighted by molar-refractivity contribution is -0.181. The van der Waals surface area contributed by atoms with Crippen molar-refractivity contribution >= 4 is 29.9 Å². The van der Waals surface area contributed by atoms with Crippen LogP contribution in [0.4, 0.5) is 13.2 Å². The molecule has 7 nitrogen and oxygen atoms in total. The first kappa shape index (κ1) is 25.9. The average Bonchev–Trinajstić information content (AvgIpc) is 3.12. The van der Waals surface area contributed by atoms with Crippen molar-refractivity contribution in [3.8, 4) is 0 Å². The highest BCUT2D eigenvalue weighted by Crippen LogP contribution is 2.25. The molecule has 29 heavy (non-hydrogen) atoms. The molecule has 1 unspecified atom stereocenters. The van der Waals surface area contributed by atoms with Gasteiger partial charge in [0, 0.05) is 51.6 Å². The van der Waals surface area contributed by atoms with Gasteiger partial charge in [0.2, 0.25) is 5.89 Å². The van der Waals surface area contributed by atoms with Crippen molar-refractivity contribution in [2.24, 2.45) is 4.99 Å². The van der Waals surface area contributed by atoms with Gasteiger partial charge in [0.25, 0.3) is 0 Å². The summed E-state index contributed by atoms with van der Waals surface area (Å²) in [5, 5.41) is 7.17. The van der Waals surface area contributed by atoms with Crippen LogP contribution in [0.5, 0.6) is 0 Å². The van der Waals surface area contributed by atoms with Crippen LogP contribution in [0.15, 0.2) is 9.52 Å². The Bertz CT molecular complexity index is 629. The Kier molecular flexibility index (Phi) is 10.7. The standard InChI is InChI=1S/C18H31F3N6O.HI/c1-5-22-17(23-8-6-7-15-24-16(13(2)3)25-28-15)27-11-9-26(10-12-27)14(4)18(19,20)21;/h13-14H,5-12H2,1-4H3,(H,22,23);1H. The third-order valence-electron chi connectivity index (χ3n) is 4.78. The van der Waals surface area contributed by atoms with Crippen LogP contribution in [0.25, 0.3) is 0 Å². The van der Waals surface area contributed by atoms with Gasteiger partial charge in [-0.1, -0.05) is 19.0 Å². The zero-order chi connectivity index (χ0) is 20.7. The van der Waals surface area contributed by atoms with E-state index in [-0.39, 0.29) is 29.9 Å². The SMILES string of the molecule is CCNC(=NCCCc1nc(C(C)C)no1)N1CCN(C(C)C(F)(F)F)CC1.I. The van der Waals surface area contributed by atoms with Crippen LogP contribution in [0, 0.1) is 0 Å². The summed E-state index contributed by atoms with van der Waals surface area (Å²) in [5.74, 6) is 2.29. The van der Waals surface area contributed by atoms with Crippen molar-refractivity contribution in [2.75, 3.05) is 39.3 Å². The molecular weight excluding hydrogens is 500 g/mol. The number of piperazine rings is 1. The molecule has 2 heterocycles. The molecule has 1 aliphatic heterocycles. The largest absolute Gasteiger partial charge is 0.403 e. The first-order chi connectivity index (χ1) is 13.2. The first-order valence-electron chi connectivity index (χ1n) is 9.88. The monoisotopic (exact) mass is 532 g/mol. The molecule has 1 saturated heterocycles. The van der Waals surface area contributed by atoms with Crippen molar-refractivity contribution in [3.05, 3.63) is 11.7 Å². The van der Waals surface area contributed by atoms with E-state index in [1.165, 1.54) is 11.8 Å². The summed E-state index contributed by atoms with van der Waals surface area (Å²) in [6.07, 6.45) is -2.77. The van der Waals surface area contributed by atoms with Gasteiger partial charge in [0.1, 0.15) is 6.04 Å². The van der Waals surface area contributed by atoms with E-state index in [0.29, 0.717) is 57.4 Å².